The van der Waals surface area contributed by atoms with Gasteiger partial charge >= 0.3 is 0 Å². The number of hydrogen-bond acceptors (Lipinski definition) is 4. The molecule has 2 aliphatic rings. The molecule has 0 bridgehead atoms. The van der Waals surface area contributed by atoms with Gasteiger partial charge in [-0.25, -0.2) is 0 Å². The second kappa shape index (κ2) is 6.22. The number of aromatic nitrogens is 4. The van der Waals surface area contributed by atoms with E-state index in [1.807, 2.05) is 28.9 Å². The first kappa shape index (κ1) is 15.7. The van der Waals surface area contributed by atoms with E-state index in [1.165, 1.54) is 0 Å². The number of amides is 1. The van der Waals surface area contributed by atoms with Crippen LogP contribution in [0, 0.1) is 0 Å². The molecule has 0 atom stereocenters. The van der Waals surface area contributed by atoms with E-state index < -0.39 is 0 Å². The predicted octanol–water partition coefficient (Wildman–Crippen LogP) is 1.52. The SMILES string of the molecule is Cn1cc(Cl)c(CN2CCn3nc(C(=O)N4CCCC4)cc3C2)n1. The monoisotopic (exact) mass is 348 g/mol. The van der Waals surface area contributed by atoms with Crippen LogP contribution < -0.4 is 0 Å². The molecule has 2 aliphatic heterocycles. The maximum Gasteiger partial charge on any atom is 0.274 e. The van der Waals surface area contributed by atoms with Gasteiger partial charge in [0.15, 0.2) is 5.69 Å². The molecule has 0 unspecified atom stereocenters. The van der Waals surface area contributed by atoms with E-state index >= 15 is 0 Å². The highest BCUT2D eigenvalue weighted by Gasteiger charge is 2.25. The second-order valence-corrected chi connectivity index (χ2v) is 6.96. The number of hydrogen-bond donors (Lipinski definition) is 0. The fourth-order valence-corrected chi connectivity index (χ4v) is 3.71. The maximum absolute atomic E-state index is 12.5. The molecule has 1 amide bonds. The van der Waals surface area contributed by atoms with Crippen molar-refractivity contribution >= 4 is 17.5 Å². The molecule has 24 heavy (non-hydrogen) atoms. The Kier molecular flexibility index (Phi) is 4.05. The van der Waals surface area contributed by atoms with Crippen molar-refractivity contribution in [1.29, 1.82) is 0 Å². The fraction of sp³-hybridized carbons (Fsp3) is 0.562. The van der Waals surface area contributed by atoms with Crippen molar-refractivity contribution in [2.45, 2.75) is 32.5 Å². The molecule has 7 nitrogen and oxygen atoms in total. The van der Waals surface area contributed by atoms with E-state index in [0.717, 1.165) is 57.0 Å². The van der Waals surface area contributed by atoms with Gasteiger partial charge in [0, 0.05) is 46.0 Å². The van der Waals surface area contributed by atoms with Crippen LogP contribution in [-0.2, 0) is 26.7 Å². The minimum Gasteiger partial charge on any atom is -0.337 e. The predicted molar refractivity (Wildman–Crippen MR) is 89.7 cm³/mol. The van der Waals surface area contributed by atoms with E-state index in [2.05, 4.69) is 15.1 Å². The summed E-state index contributed by atoms with van der Waals surface area (Å²) >= 11 is 6.21. The van der Waals surface area contributed by atoms with Crippen molar-refractivity contribution in [2.75, 3.05) is 19.6 Å². The van der Waals surface area contributed by atoms with Crippen LogP contribution in [0.2, 0.25) is 5.02 Å². The van der Waals surface area contributed by atoms with Gasteiger partial charge in [0.1, 0.15) is 0 Å². The summed E-state index contributed by atoms with van der Waals surface area (Å²) in [6.45, 7) is 4.83. The van der Waals surface area contributed by atoms with Gasteiger partial charge in [0.2, 0.25) is 0 Å². The molecule has 8 heteroatoms. The molecule has 2 aromatic heterocycles. The van der Waals surface area contributed by atoms with Crippen LogP contribution in [0.5, 0.6) is 0 Å². The molecule has 0 aromatic carbocycles. The zero-order valence-electron chi connectivity index (χ0n) is 13.8. The number of nitrogens with zero attached hydrogens (tertiary/aromatic N) is 6. The topological polar surface area (TPSA) is 59.2 Å². The molecule has 4 heterocycles. The fourth-order valence-electron chi connectivity index (χ4n) is 3.47. The first-order chi connectivity index (χ1) is 11.6. The van der Waals surface area contributed by atoms with Crippen LogP contribution >= 0.6 is 11.6 Å². The number of carbonyl (C=O) groups is 1. The Bertz CT molecular complexity index is 761. The van der Waals surface area contributed by atoms with Gasteiger partial charge < -0.3 is 4.90 Å². The third kappa shape index (κ3) is 2.93. The first-order valence-corrected chi connectivity index (χ1v) is 8.74. The molecule has 2 aromatic rings. The normalized spacial score (nSPS) is 18.2. The lowest BCUT2D eigenvalue weighted by Crippen LogP contribution is -2.33. The summed E-state index contributed by atoms with van der Waals surface area (Å²) in [5.41, 5.74) is 2.54. The van der Waals surface area contributed by atoms with E-state index in [-0.39, 0.29) is 5.91 Å². The zero-order valence-corrected chi connectivity index (χ0v) is 14.5. The summed E-state index contributed by atoms with van der Waals surface area (Å²) in [4.78, 5) is 16.7. The van der Waals surface area contributed by atoms with Gasteiger partial charge in [-0.15, -0.1) is 0 Å². The Labute approximate surface area is 145 Å². The number of likely N-dealkylation sites (tertiary alicyclic amines) is 1. The summed E-state index contributed by atoms with van der Waals surface area (Å²) in [6.07, 6.45) is 4.01. The summed E-state index contributed by atoms with van der Waals surface area (Å²) in [6, 6.07) is 1.94. The molecule has 0 radical (unpaired) electrons. The average molecular weight is 349 g/mol. The van der Waals surface area contributed by atoms with Gasteiger partial charge in [-0.1, -0.05) is 11.6 Å². The highest BCUT2D eigenvalue weighted by molar-refractivity contribution is 6.31. The Morgan fingerprint density at radius 2 is 2.00 bits per heavy atom. The maximum atomic E-state index is 12.5. The minimum absolute atomic E-state index is 0.0636. The van der Waals surface area contributed by atoms with Crippen molar-refractivity contribution in [3.63, 3.8) is 0 Å². The second-order valence-electron chi connectivity index (χ2n) is 6.55. The standard InChI is InChI=1S/C16H21ClN6O/c1-20-10-13(17)15(18-20)11-21-6-7-23-12(9-21)8-14(19-23)16(24)22-4-2-3-5-22/h8,10H,2-7,9,11H2,1H3. The summed E-state index contributed by atoms with van der Waals surface area (Å²) < 4.78 is 3.69. The van der Waals surface area contributed by atoms with Gasteiger partial charge in [0.25, 0.3) is 5.91 Å². The van der Waals surface area contributed by atoms with Crippen LogP contribution in [0.25, 0.3) is 0 Å². The van der Waals surface area contributed by atoms with E-state index in [0.29, 0.717) is 17.3 Å². The molecule has 128 valence electrons. The Morgan fingerprint density at radius 3 is 2.71 bits per heavy atom. The number of rotatable bonds is 3. The van der Waals surface area contributed by atoms with Gasteiger partial charge in [0.05, 0.1) is 23.0 Å². The number of fused-ring (bicyclic) bond motifs is 1. The summed E-state index contributed by atoms with van der Waals surface area (Å²) in [5, 5.41) is 9.61. The van der Waals surface area contributed by atoms with Crippen molar-refractivity contribution in [2.24, 2.45) is 7.05 Å². The van der Waals surface area contributed by atoms with Crippen molar-refractivity contribution < 1.29 is 4.79 Å². The molecular formula is C16H21ClN6O. The first-order valence-electron chi connectivity index (χ1n) is 8.36. The van der Waals surface area contributed by atoms with E-state index in [1.54, 1.807) is 4.68 Å². The zero-order chi connectivity index (χ0) is 16.7. The molecule has 1 saturated heterocycles. The van der Waals surface area contributed by atoms with E-state index in [4.69, 9.17) is 11.6 Å². The summed E-state index contributed by atoms with van der Waals surface area (Å²) in [7, 11) is 1.87. The lowest BCUT2D eigenvalue weighted by Gasteiger charge is -2.26. The number of halogens is 1. The number of aryl methyl sites for hydroxylation is 1. The lowest BCUT2D eigenvalue weighted by molar-refractivity contribution is 0.0786. The molecule has 0 aliphatic carbocycles. The third-order valence-electron chi connectivity index (χ3n) is 4.72. The van der Waals surface area contributed by atoms with Crippen LogP contribution in [0.15, 0.2) is 12.3 Å². The molecule has 0 spiro atoms. The number of carbonyl (C=O) groups excluding carboxylic acids is 1. The highest BCUT2D eigenvalue weighted by Crippen LogP contribution is 2.21. The Morgan fingerprint density at radius 1 is 1.21 bits per heavy atom. The molecule has 0 N–H and O–H groups in total. The molecule has 4 rings (SSSR count). The van der Waals surface area contributed by atoms with Crippen LogP contribution in [-0.4, -0.2) is 54.9 Å². The minimum atomic E-state index is 0.0636. The lowest BCUT2D eigenvalue weighted by atomic mass is 10.2. The highest BCUT2D eigenvalue weighted by atomic mass is 35.5. The van der Waals surface area contributed by atoms with Gasteiger partial charge in [-0.2, -0.15) is 10.2 Å². The third-order valence-corrected chi connectivity index (χ3v) is 5.03. The summed E-state index contributed by atoms with van der Waals surface area (Å²) in [5.74, 6) is 0.0636. The van der Waals surface area contributed by atoms with Crippen molar-refractivity contribution in [3.8, 4) is 0 Å². The average Bonchev–Trinajstić information content (AvgIpc) is 3.27. The van der Waals surface area contributed by atoms with Crippen LogP contribution in [0.3, 0.4) is 0 Å². The van der Waals surface area contributed by atoms with Crippen molar-refractivity contribution in [1.82, 2.24) is 29.4 Å². The molecular weight excluding hydrogens is 328 g/mol. The Hall–Kier alpha value is -1.86. The van der Waals surface area contributed by atoms with Gasteiger partial charge in [-0.05, 0) is 18.9 Å². The smallest absolute Gasteiger partial charge is 0.274 e. The van der Waals surface area contributed by atoms with Crippen LogP contribution in [0.4, 0.5) is 0 Å². The van der Waals surface area contributed by atoms with Gasteiger partial charge in [-0.3, -0.25) is 19.1 Å². The molecule has 1 fully saturated rings. The largest absolute Gasteiger partial charge is 0.337 e. The van der Waals surface area contributed by atoms with E-state index in [9.17, 15) is 4.79 Å². The quantitative estimate of drug-likeness (QED) is 0.844. The van der Waals surface area contributed by atoms with Crippen LogP contribution in [0.1, 0.15) is 34.7 Å². The Balaban J connectivity index is 1.47. The van der Waals surface area contributed by atoms with Crippen molar-refractivity contribution in [3.05, 3.63) is 34.4 Å². The molecule has 0 saturated carbocycles.